The van der Waals surface area contributed by atoms with Crippen LogP contribution in [0.3, 0.4) is 0 Å². The van der Waals surface area contributed by atoms with E-state index < -0.39 is 11.9 Å². The van der Waals surface area contributed by atoms with Crippen LogP contribution in [0.4, 0.5) is 0 Å². The van der Waals surface area contributed by atoms with Crippen LogP contribution in [0.5, 0.6) is 0 Å². The number of aryl methyl sites for hydroxylation is 3. The summed E-state index contributed by atoms with van der Waals surface area (Å²) in [5.41, 5.74) is 3.92. The maximum Gasteiger partial charge on any atom is 0.195 e. The van der Waals surface area contributed by atoms with Crippen molar-refractivity contribution >= 4 is 11.0 Å². The summed E-state index contributed by atoms with van der Waals surface area (Å²) >= 11 is 0. The van der Waals surface area contributed by atoms with Gasteiger partial charge in [-0.25, -0.2) is 9.66 Å². The van der Waals surface area contributed by atoms with Crippen molar-refractivity contribution in [1.82, 2.24) is 19.8 Å². The molecular formula is C25H27N5O4. The van der Waals surface area contributed by atoms with Crippen molar-refractivity contribution in [3.63, 3.8) is 0 Å². The number of benzene rings is 1. The highest BCUT2D eigenvalue weighted by molar-refractivity contribution is 5.88. The van der Waals surface area contributed by atoms with Gasteiger partial charge in [-0.1, -0.05) is 11.2 Å². The minimum Gasteiger partial charge on any atom is -0.375 e. The first-order valence-corrected chi connectivity index (χ1v) is 11.5. The number of nitrogen functional groups attached to an aromatic ring is 1. The van der Waals surface area contributed by atoms with E-state index in [1.54, 1.807) is 16.9 Å². The summed E-state index contributed by atoms with van der Waals surface area (Å²) in [5, 5.41) is 16.7. The number of fused-ring (bicyclic) bond motifs is 1. The van der Waals surface area contributed by atoms with Crippen LogP contribution in [-0.2, 0) is 15.1 Å². The molecule has 176 valence electrons. The molecule has 1 saturated carbocycles. The Hall–Kier alpha value is -3.27. The highest BCUT2D eigenvalue weighted by atomic mass is 16.7. The quantitative estimate of drug-likeness (QED) is 0.435. The zero-order chi connectivity index (χ0) is 23.6. The van der Waals surface area contributed by atoms with Crippen molar-refractivity contribution in [3.8, 4) is 11.1 Å². The second-order valence-corrected chi connectivity index (χ2v) is 9.18. The summed E-state index contributed by atoms with van der Waals surface area (Å²) in [6, 6.07) is 7.56. The van der Waals surface area contributed by atoms with E-state index in [1.807, 2.05) is 39.0 Å². The van der Waals surface area contributed by atoms with Gasteiger partial charge in [0, 0.05) is 34.5 Å². The molecule has 1 saturated heterocycles. The van der Waals surface area contributed by atoms with E-state index >= 15 is 0 Å². The lowest BCUT2D eigenvalue weighted by molar-refractivity contribution is -0.166. The second-order valence-electron chi connectivity index (χ2n) is 9.18. The topological polar surface area (TPSA) is 121 Å². The van der Waals surface area contributed by atoms with Gasteiger partial charge in [-0.05, 0) is 57.4 Å². The first-order chi connectivity index (χ1) is 16.4. The molecule has 6 rings (SSSR count). The number of hydrogen-bond acceptors (Lipinski definition) is 8. The average Bonchev–Trinajstić information content (AvgIpc) is 3.23. The number of pyridine rings is 1. The van der Waals surface area contributed by atoms with Gasteiger partial charge in [0.25, 0.3) is 0 Å². The average molecular weight is 462 g/mol. The van der Waals surface area contributed by atoms with Gasteiger partial charge < -0.3 is 24.9 Å². The van der Waals surface area contributed by atoms with Crippen molar-refractivity contribution in [1.29, 1.82) is 0 Å². The SMILES string of the molecule is Cc1ncccc1C(O)(c1cc(-c2c(C)noc2C)cc2c1nc(C1CC1)n2N)C1OCCO1. The van der Waals surface area contributed by atoms with Gasteiger partial charge in [-0.2, -0.15) is 0 Å². The number of ether oxygens (including phenoxy) is 2. The molecule has 2 fully saturated rings. The Morgan fingerprint density at radius 3 is 2.50 bits per heavy atom. The van der Waals surface area contributed by atoms with Crippen LogP contribution in [-0.4, -0.2) is 44.4 Å². The Bertz CT molecular complexity index is 1380. The van der Waals surface area contributed by atoms with Gasteiger partial charge in [-0.3, -0.25) is 4.98 Å². The third-order valence-electron chi connectivity index (χ3n) is 6.88. The number of aromatic nitrogens is 4. The second kappa shape index (κ2) is 7.63. The summed E-state index contributed by atoms with van der Waals surface area (Å²) in [7, 11) is 0. The fraction of sp³-hybridized carbons (Fsp3) is 0.400. The Balaban J connectivity index is 1.70. The summed E-state index contributed by atoms with van der Waals surface area (Å²) < 4.78 is 18.9. The van der Waals surface area contributed by atoms with E-state index in [2.05, 4.69) is 10.1 Å². The molecule has 3 N–H and O–H groups in total. The van der Waals surface area contributed by atoms with Crippen LogP contribution in [0, 0.1) is 20.8 Å². The smallest absolute Gasteiger partial charge is 0.195 e. The highest BCUT2D eigenvalue weighted by Crippen LogP contribution is 2.46. The third kappa shape index (κ3) is 3.08. The largest absolute Gasteiger partial charge is 0.375 e. The van der Waals surface area contributed by atoms with Gasteiger partial charge in [0.15, 0.2) is 11.9 Å². The van der Waals surface area contributed by atoms with Crippen molar-refractivity contribution in [2.45, 2.75) is 51.4 Å². The molecule has 0 radical (unpaired) electrons. The monoisotopic (exact) mass is 461 g/mol. The predicted molar refractivity (Wildman–Crippen MR) is 124 cm³/mol. The number of nitrogens with zero attached hydrogens (tertiary/aromatic N) is 4. The van der Waals surface area contributed by atoms with Crippen molar-refractivity contribution in [2.75, 3.05) is 19.1 Å². The van der Waals surface area contributed by atoms with E-state index in [4.69, 9.17) is 24.8 Å². The van der Waals surface area contributed by atoms with Crippen LogP contribution >= 0.6 is 0 Å². The van der Waals surface area contributed by atoms with E-state index in [9.17, 15) is 5.11 Å². The van der Waals surface area contributed by atoms with E-state index in [1.165, 1.54) is 0 Å². The van der Waals surface area contributed by atoms with Gasteiger partial charge >= 0.3 is 0 Å². The molecule has 3 aromatic heterocycles. The molecule has 2 aliphatic rings. The normalized spacial score (nSPS) is 18.6. The van der Waals surface area contributed by atoms with Crippen LogP contribution < -0.4 is 5.84 Å². The molecule has 1 aliphatic heterocycles. The Kier molecular flexibility index (Phi) is 4.77. The Morgan fingerprint density at radius 1 is 1.09 bits per heavy atom. The summed E-state index contributed by atoms with van der Waals surface area (Å²) in [6.07, 6.45) is 2.87. The Morgan fingerprint density at radius 2 is 1.85 bits per heavy atom. The van der Waals surface area contributed by atoms with Gasteiger partial charge in [0.1, 0.15) is 11.6 Å². The first-order valence-electron chi connectivity index (χ1n) is 11.5. The number of hydrogen-bond donors (Lipinski definition) is 2. The zero-order valence-electron chi connectivity index (χ0n) is 19.4. The highest BCUT2D eigenvalue weighted by Gasteiger charge is 2.47. The maximum absolute atomic E-state index is 12.5. The van der Waals surface area contributed by atoms with Crippen LogP contribution in [0.1, 0.15) is 52.9 Å². The molecule has 4 aromatic rings. The molecule has 9 nitrogen and oxygen atoms in total. The maximum atomic E-state index is 12.5. The molecule has 1 atom stereocenters. The lowest BCUT2D eigenvalue weighted by atomic mass is 9.82. The van der Waals surface area contributed by atoms with Crippen LogP contribution in [0.2, 0.25) is 0 Å². The predicted octanol–water partition coefficient (Wildman–Crippen LogP) is 3.21. The van der Waals surface area contributed by atoms with Gasteiger partial charge in [-0.15, -0.1) is 0 Å². The molecule has 0 spiro atoms. The summed E-state index contributed by atoms with van der Waals surface area (Å²) in [6.45, 7) is 6.40. The molecule has 1 aliphatic carbocycles. The van der Waals surface area contributed by atoms with Gasteiger partial charge in [0.05, 0.1) is 29.9 Å². The van der Waals surface area contributed by atoms with E-state index in [-0.39, 0.29) is 0 Å². The van der Waals surface area contributed by atoms with Gasteiger partial charge in [0.2, 0.25) is 0 Å². The molecule has 0 amide bonds. The lowest BCUT2D eigenvalue weighted by Gasteiger charge is -2.34. The molecule has 0 bridgehead atoms. The fourth-order valence-corrected chi connectivity index (χ4v) is 5.06. The summed E-state index contributed by atoms with van der Waals surface area (Å²) in [5.74, 6) is 8.38. The molecule has 1 aromatic carbocycles. The number of imidazole rings is 1. The third-order valence-corrected chi connectivity index (χ3v) is 6.88. The first kappa shape index (κ1) is 21.3. The van der Waals surface area contributed by atoms with Crippen molar-refractivity contribution < 1.29 is 19.1 Å². The van der Waals surface area contributed by atoms with Crippen LogP contribution in [0.15, 0.2) is 35.0 Å². The molecule has 9 heteroatoms. The van der Waals surface area contributed by atoms with Crippen molar-refractivity contribution in [3.05, 3.63) is 64.6 Å². The molecule has 34 heavy (non-hydrogen) atoms. The Labute approximate surface area is 196 Å². The number of aliphatic hydroxyl groups is 1. The summed E-state index contributed by atoms with van der Waals surface area (Å²) in [4.78, 5) is 9.38. The van der Waals surface area contributed by atoms with E-state index in [0.29, 0.717) is 52.7 Å². The van der Waals surface area contributed by atoms with Crippen molar-refractivity contribution in [2.24, 2.45) is 0 Å². The minimum atomic E-state index is -1.67. The zero-order valence-corrected chi connectivity index (χ0v) is 19.4. The molecule has 1 unspecified atom stereocenters. The molecular weight excluding hydrogens is 434 g/mol. The lowest BCUT2D eigenvalue weighted by Crippen LogP contribution is -2.42. The standard InChI is InChI=1S/C25H27N5O4/c1-13-18(5-4-8-27-13)25(31,24-32-9-10-33-24)19-11-17(21-14(2)29-34-15(21)3)12-20-22(19)28-23(30(20)26)16-6-7-16/h4-5,8,11-12,16,24,31H,6-7,9-10,26H2,1-3H3. The van der Waals surface area contributed by atoms with E-state index in [0.717, 1.165) is 35.5 Å². The molecule has 4 heterocycles. The minimum absolute atomic E-state index is 0.319. The van der Waals surface area contributed by atoms with Crippen LogP contribution in [0.25, 0.3) is 22.2 Å². The number of rotatable bonds is 5. The number of nitrogens with two attached hydrogens (primary N) is 1. The fourth-order valence-electron chi connectivity index (χ4n) is 5.06.